The molecule has 8 heteroatoms. The number of hydrogen-bond acceptors (Lipinski definition) is 5. The second-order valence-corrected chi connectivity index (χ2v) is 10.6. The highest BCUT2D eigenvalue weighted by atomic mass is 32.2. The zero-order valence-electron chi connectivity index (χ0n) is 19.6. The van der Waals surface area contributed by atoms with Gasteiger partial charge in [-0.15, -0.1) is 0 Å². The molecule has 3 aromatic carbocycles. The zero-order chi connectivity index (χ0) is 24.9. The summed E-state index contributed by atoms with van der Waals surface area (Å²) in [5.74, 6) is 0.138. The smallest absolute Gasteiger partial charge is 0.264 e. The van der Waals surface area contributed by atoms with Gasteiger partial charge in [-0.25, -0.2) is 8.42 Å². The van der Waals surface area contributed by atoms with Gasteiger partial charge >= 0.3 is 0 Å². The van der Waals surface area contributed by atoms with Gasteiger partial charge in [0.15, 0.2) is 21.6 Å². The van der Waals surface area contributed by atoms with Crippen LogP contribution in [0.3, 0.4) is 0 Å². The van der Waals surface area contributed by atoms with Gasteiger partial charge in [0.2, 0.25) is 0 Å². The topological polar surface area (TPSA) is 84.5 Å². The highest BCUT2D eigenvalue weighted by Crippen LogP contribution is 2.21. The zero-order valence-corrected chi connectivity index (χ0v) is 21.3. The maximum absolute atomic E-state index is 12.8. The first-order valence-electron chi connectivity index (χ1n) is 10.7. The molecule has 0 aliphatic heterocycles. The number of hydrogen-bond donors (Lipinski definition) is 2. The molecule has 0 aromatic heterocycles. The number of carbonyl (C=O) groups excluding carboxylic acids is 1. The number of carbonyl (C=O) groups is 1. The number of aryl methyl sites for hydroxylation is 4. The Balaban J connectivity index is 1.54. The average molecular weight is 497 g/mol. The quantitative estimate of drug-likeness (QED) is 0.458. The Morgan fingerprint density at radius 3 is 2.24 bits per heavy atom. The van der Waals surface area contributed by atoms with Crippen LogP contribution in [0, 0.1) is 27.7 Å². The van der Waals surface area contributed by atoms with E-state index in [0.717, 1.165) is 27.8 Å². The largest absolute Gasteiger partial charge is 0.484 e. The van der Waals surface area contributed by atoms with Gasteiger partial charge in [-0.2, -0.15) is 0 Å². The van der Waals surface area contributed by atoms with E-state index in [1.807, 2.05) is 64.1 Å². The van der Waals surface area contributed by atoms with Crippen molar-refractivity contribution in [1.82, 2.24) is 5.32 Å². The molecule has 0 spiro atoms. The molecule has 34 heavy (non-hydrogen) atoms. The van der Waals surface area contributed by atoms with E-state index in [1.165, 1.54) is 12.1 Å². The van der Waals surface area contributed by atoms with Crippen molar-refractivity contribution in [3.63, 3.8) is 0 Å². The maximum atomic E-state index is 12.8. The third kappa shape index (κ3) is 6.88. The number of benzene rings is 3. The van der Waals surface area contributed by atoms with E-state index >= 15 is 0 Å². The Bertz CT molecular complexity index is 1320. The molecule has 0 aliphatic rings. The van der Waals surface area contributed by atoms with Crippen LogP contribution in [0.2, 0.25) is 0 Å². The molecule has 0 atom stereocenters. The van der Waals surface area contributed by atoms with Crippen LogP contribution in [0.1, 0.15) is 27.8 Å². The van der Waals surface area contributed by atoms with E-state index in [0.29, 0.717) is 11.4 Å². The fourth-order valence-electron chi connectivity index (χ4n) is 3.32. The molecular weight excluding hydrogens is 468 g/mol. The lowest BCUT2D eigenvalue weighted by Crippen LogP contribution is -2.37. The standard InChI is InChI=1S/C26H28N2O4S2/c1-17-5-7-21(20(4)13-17)16-34(30,31)24-11-8-22(9-12-24)27-26(33)28-25(29)15-32-23-10-6-18(2)19(3)14-23/h5-14H,15-16H2,1-4H3,(H2,27,28,29,33). The second-order valence-electron chi connectivity index (χ2n) is 8.25. The Morgan fingerprint density at radius 2 is 1.59 bits per heavy atom. The molecule has 0 unspecified atom stereocenters. The summed E-state index contributed by atoms with van der Waals surface area (Å²) in [5, 5.41) is 5.53. The van der Waals surface area contributed by atoms with Crippen molar-refractivity contribution in [2.45, 2.75) is 38.3 Å². The van der Waals surface area contributed by atoms with Gasteiger partial charge in [0.1, 0.15) is 5.75 Å². The first-order valence-corrected chi connectivity index (χ1v) is 12.8. The van der Waals surface area contributed by atoms with Crippen LogP contribution in [0.5, 0.6) is 5.75 Å². The van der Waals surface area contributed by atoms with Crippen LogP contribution >= 0.6 is 12.2 Å². The van der Waals surface area contributed by atoms with Crippen LogP contribution in [0.4, 0.5) is 5.69 Å². The van der Waals surface area contributed by atoms with E-state index in [-0.39, 0.29) is 22.4 Å². The normalized spacial score (nSPS) is 11.1. The van der Waals surface area contributed by atoms with Gasteiger partial charge < -0.3 is 10.1 Å². The number of amides is 1. The summed E-state index contributed by atoms with van der Waals surface area (Å²) in [6, 6.07) is 17.6. The summed E-state index contributed by atoms with van der Waals surface area (Å²) in [6.07, 6.45) is 0. The molecule has 2 N–H and O–H groups in total. The molecule has 178 valence electrons. The Hall–Kier alpha value is -3.23. The van der Waals surface area contributed by atoms with E-state index in [9.17, 15) is 13.2 Å². The highest BCUT2D eigenvalue weighted by Gasteiger charge is 2.17. The van der Waals surface area contributed by atoms with E-state index in [2.05, 4.69) is 10.6 Å². The van der Waals surface area contributed by atoms with Gasteiger partial charge in [0, 0.05) is 5.69 Å². The lowest BCUT2D eigenvalue weighted by molar-refractivity contribution is -0.121. The third-order valence-electron chi connectivity index (χ3n) is 5.42. The molecule has 0 saturated carbocycles. The first-order chi connectivity index (χ1) is 16.0. The minimum absolute atomic E-state index is 0.0686. The van der Waals surface area contributed by atoms with Crippen molar-refractivity contribution in [2.24, 2.45) is 0 Å². The fourth-order valence-corrected chi connectivity index (χ4v) is 5.00. The van der Waals surface area contributed by atoms with Gasteiger partial charge in [0.05, 0.1) is 10.6 Å². The summed E-state index contributed by atoms with van der Waals surface area (Å²) in [4.78, 5) is 12.4. The van der Waals surface area contributed by atoms with Crippen LogP contribution < -0.4 is 15.4 Å². The van der Waals surface area contributed by atoms with Crippen molar-refractivity contribution >= 4 is 38.8 Å². The number of nitrogens with one attached hydrogen (secondary N) is 2. The molecule has 1 amide bonds. The fraction of sp³-hybridized carbons (Fsp3) is 0.231. The predicted octanol–water partition coefficient (Wildman–Crippen LogP) is 4.79. The number of anilines is 1. The number of sulfone groups is 1. The van der Waals surface area contributed by atoms with Crippen molar-refractivity contribution in [3.05, 3.63) is 88.5 Å². The second kappa shape index (κ2) is 10.8. The van der Waals surface area contributed by atoms with Gasteiger partial charge in [-0.05, 0) is 98.6 Å². The summed E-state index contributed by atoms with van der Waals surface area (Å²) in [7, 11) is -3.50. The van der Waals surface area contributed by atoms with Gasteiger partial charge in [-0.1, -0.05) is 29.8 Å². The lowest BCUT2D eigenvalue weighted by atomic mass is 10.1. The van der Waals surface area contributed by atoms with Crippen molar-refractivity contribution in [3.8, 4) is 5.75 Å². The van der Waals surface area contributed by atoms with Crippen molar-refractivity contribution in [2.75, 3.05) is 11.9 Å². The number of ether oxygens (including phenoxy) is 1. The number of thiocarbonyl (C=S) groups is 1. The van der Waals surface area contributed by atoms with E-state index in [4.69, 9.17) is 17.0 Å². The van der Waals surface area contributed by atoms with E-state index in [1.54, 1.807) is 12.1 Å². The maximum Gasteiger partial charge on any atom is 0.264 e. The first kappa shape index (κ1) is 25.4. The van der Waals surface area contributed by atoms with Crippen LogP contribution in [-0.2, 0) is 20.4 Å². The van der Waals surface area contributed by atoms with Crippen molar-refractivity contribution < 1.29 is 17.9 Å². The van der Waals surface area contributed by atoms with Crippen LogP contribution in [0.15, 0.2) is 65.6 Å². The third-order valence-corrected chi connectivity index (χ3v) is 7.30. The summed E-state index contributed by atoms with van der Waals surface area (Å²) >= 11 is 5.18. The van der Waals surface area contributed by atoms with Crippen molar-refractivity contribution in [1.29, 1.82) is 0 Å². The monoisotopic (exact) mass is 496 g/mol. The molecule has 0 aliphatic carbocycles. The van der Waals surface area contributed by atoms with Crippen LogP contribution in [0.25, 0.3) is 0 Å². The Labute approximate surface area is 206 Å². The van der Waals surface area contributed by atoms with Crippen LogP contribution in [-0.4, -0.2) is 26.0 Å². The summed E-state index contributed by atoms with van der Waals surface area (Å²) in [6.45, 7) is 7.68. The molecule has 6 nitrogen and oxygen atoms in total. The molecule has 0 fully saturated rings. The molecule has 0 radical (unpaired) electrons. The Kier molecular flexibility index (Phi) is 8.06. The van der Waals surface area contributed by atoms with Gasteiger partial charge in [-0.3, -0.25) is 10.1 Å². The molecule has 3 aromatic rings. The van der Waals surface area contributed by atoms with Gasteiger partial charge in [0.25, 0.3) is 5.91 Å². The summed E-state index contributed by atoms with van der Waals surface area (Å²) < 4.78 is 31.2. The predicted molar refractivity (Wildman–Crippen MR) is 139 cm³/mol. The molecule has 0 heterocycles. The number of rotatable bonds is 7. The molecule has 0 bridgehead atoms. The minimum atomic E-state index is -3.50. The average Bonchev–Trinajstić information content (AvgIpc) is 2.77. The molecule has 3 rings (SSSR count). The summed E-state index contributed by atoms with van der Waals surface area (Å²) in [5.41, 5.74) is 5.60. The molecule has 0 saturated heterocycles. The molecular formula is C26H28N2O4S2. The Morgan fingerprint density at radius 1 is 0.882 bits per heavy atom. The highest BCUT2D eigenvalue weighted by molar-refractivity contribution is 7.90. The minimum Gasteiger partial charge on any atom is -0.484 e. The van der Waals surface area contributed by atoms with E-state index < -0.39 is 15.7 Å². The SMILES string of the molecule is Cc1ccc(CS(=O)(=O)c2ccc(NC(=S)NC(=O)COc3ccc(C)c(C)c3)cc2)c(C)c1. The lowest BCUT2D eigenvalue weighted by Gasteiger charge is -2.12.